The number of nitrogens with zero attached hydrogens (tertiary/aromatic N) is 5. The van der Waals surface area contributed by atoms with Gasteiger partial charge in [-0.15, -0.1) is 0 Å². The Balaban J connectivity index is 1.34. The third-order valence-electron chi connectivity index (χ3n) is 5.99. The predicted octanol–water partition coefficient (Wildman–Crippen LogP) is 4.49. The van der Waals surface area contributed by atoms with Crippen LogP contribution >= 0.6 is 0 Å². The van der Waals surface area contributed by atoms with Crippen LogP contribution in [0.5, 0.6) is 11.6 Å². The van der Waals surface area contributed by atoms with Crippen LogP contribution in [0.4, 0.5) is 10.6 Å². The molecule has 0 atom stereocenters. The molecule has 180 valence electrons. The molecular weight excluding hydrogens is 448 g/mol. The van der Waals surface area contributed by atoms with Gasteiger partial charge in [0, 0.05) is 42.1 Å². The summed E-state index contributed by atoms with van der Waals surface area (Å²) in [5.74, 6) is 2.15. The topological polar surface area (TPSA) is 115 Å². The van der Waals surface area contributed by atoms with Gasteiger partial charge in [-0.1, -0.05) is 25.9 Å². The van der Waals surface area contributed by atoms with Gasteiger partial charge in [0.1, 0.15) is 17.8 Å². The number of nitrogens with one attached hydrogen (secondary N) is 1. The Hall–Kier alpha value is -4.21. The SMILES string of the molecule is CC(=O)N1CCc2c(ncnc2Oc2ccc3c(ccn3C(=O)Nc3cc(C(C)(C)C)on3)c2)C1. The van der Waals surface area contributed by atoms with Crippen molar-refractivity contribution >= 4 is 28.7 Å². The van der Waals surface area contributed by atoms with Crippen LogP contribution in [-0.4, -0.2) is 43.1 Å². The minimum Gasteiger partial charge on any atom is -0.439 e. The molecule has 35 heavy (non-hydrogen) atoms. The fourth-order valence-electron chi connectivity index (χ4n) is 4.01. The smallest absolute Gasteiger partial charge is 0.331 e. The highest BCUT2D eigenvalue weighted by Gasteiger charge is 2.24. The number of benzene rings is 1. The minimum absolute atomic E-state index is 0.0222. The van der Waals surface area contributed by atoms with Gasteiger partial charge in [-0.2, -0.15) is 0 Å². The Bertz CT molecular complexity index is 1430. The molecule has 1 aliphatic rings. The summed E-state index contributed by atoms with van der Waals surface area (Å²) < 4.78 is 12.9. The standard InChI is InChI=1S/C25H26N6O4/c1-15(32)30-9-8-18-19(13-30)26-14-27-23(18)34-17-5-6-20-16(11-17)7-10-31(20)24(33)28-22-12-21(35-29-22)25(2,3)4/h5-7,10-12,14H,8-9,13H2,1-4H3,(H,28,29,33). The van der Waals surface area contributed by atoms with Gasteiger partial charge in [-0.3, -0.25) is 14.7 Å². The third-order valence-corrected chi connectivity index (χ3v) is 5.99. The Morgan fingerprint density at radius 3 is 2.71 bits per heavy atom. The number of carbonyl (C=O) groups excluding carboxylic acids is 2. The summed E-state index contributed by atoms with van der Waals surface area (Å²) in [4.78, 5) is 35.0. The highest BCUT2D eigenvalue weighted by Crippen LogP contribution is 2.31. The molecule has 0 saturated heterocycles. The summed E-state index contributed by atoms with van der Waals surface area (Å²) in [5.41, 5.74) is 2.21. The lowest BCUT2D eigenvalue weighted by Crippen LogP contribution is -2.35. The zero-order chi connectivity index (χ0) is 24.7. The molecule has 0 spiro atoms. The monoisotopic (exact) mass is 474 g/mol. The van der Waals surface area contributed by atoms with Gasteiger partial charge in [0.15, 0.2) is 5.82 Å². The first-order valence-corrected chi connectivity index (χ1v) is 11.3. The van der Waals surface area contributed by atoms with E-state index in [2.05, 4.69) is 20.4 Å². The van der Waals surface area contributed by atoms with Crippen LogP contribution in [0.15, 0.2) is 47.4 Å². The lowest BCUT2D eigenvalue weighted by atomic mass is 9.93. The highest BCUT2D eigenvalue weighted by molar-refractivity contribution is 5.98. The van der Waals surface area contributed by atoms with Crippen LogP contribution in [0.3, 0.4) is 0 Å². The van der Waals surface area contributed by atoms with Crippen LogP contribution in [0.25, 0.3) is 10.9 Å². The van der Waals surface area contributed by atoms with Crippen molar-refractivity contribution in [2.24, 2.45) is 0 Å². The maximum atomic E-state index is 12.9. The second-order valence-corrected chi connectivity index (χ2v) is 9.56. The first-order chi connectivity index (χ1) is 16.7. The molecule has 0 aliphatic carbocycles. The molecule has 1 N–H and O–H groups in total. The molecule has 5 rings (SSSR count). The van der Waals surface area contributed by atoms with E-state index in [1.165, 1.54) is 10.9 Å². The summed E-state index contributed by atoms with van der Waals surface area (Å²) in [6.07, 6.45) is 3.77. The highest BCUT2D eigenvalue weighted by atomic mass is 16.5. The molecule has 0 unspecified atom stereocenters. The number of hydrogen-bond acceptors (Lipinski definition) is 7. The van der Waals surface area contributed by atoms with Crippen LogP contribution in [0, 0.1) is 0 Å². The number of anilines is 1. The van der Waals surface area contributed by atoms with Crippen molar-refractivity contribution in [2.75, 3.05) is 11.9 Å². The zero-order valence-electron chi connectivity index (χ0n) is 20.0. The van der Waals surface area contributed by atoms with Gasteiger partial charge in [0.2, 0.25) is 11.8 Å². The third kappa shape index (κ3) is 4.46. The zero-order valence-corrected chi connectivity index (χ0v) is 20.0. The quantitative estimate of drug-likeness (QED) is 0.465. The normalized spacial score (nSPS) is 13.5. The number of carbonyl (C=O) groups is 2. The van der Waals surface area contributed by atoms with E-state index in [0.29, 0.717) is 42.7 Å². The van der Waals surface area contributed by atoms with Crippen molar-refractivity contribution < 1.29 is 18.8 Å². The van der Waals surface area contributed by atoms with Crippen molar-refractivity contribution in [3.05, 3.63) is 59.9 Å². The van der Waals surface area contributed by atoms with Gasteiger partial charge in [0.25, 0.3) is 0 Å². The van der Waals surface area contributed by atoms with Crippen LogP contribution in [0.1, 0.15) is 44.7 Å². The number of aromatic nitrogens is 4. The predicted molar refractivity (Wildman–Crippen MR) is 128 cm³/mol. The van der Waals surface area contributed by atoms with Gasteiger partial charge in [-0.25, -0.2) is 14.8 Å². The molecule has 0 bridgehead atoms. The number of amides is 2. The van der Waals surface area contributed by atoms with Crippen LogP contribution < -0.4 is 10.1 Å². The number of rotatable bonds is 3. The first kappa shape index (κ1) is 22.6. The molecule has 0 saturated carbocycles. The van der Waals surface area contributed by atoms with E-state index in [1.54, 1.807) is 30.2 Å². The molecular formula is C25H26N6O4. The number of fused-ring (bicyclic) bond motifs is 2. The summed E-state index contributed by atoms with van der Waals surface area (Å²) >= 11 is 0. The van der Waals surface area contributed by atoms with Gasteiger partial charge < -0.3 is 14.2 Å². The molecule has 2 amide bonds. The van der Waals surface area contributed by atoms with E-state index in [4.69, 9.17) is 9.26 Å². The summed E-state index contributed by atoms with van der Waals surface area (Å²) in [6.45, 7) is 8.64. The van der Waals surface area contributed by atoms with E-state index in [0.717, 1.165) is 22.2 Å². The first-order valence-electron chi connectivity index (χ1n) is 11.3. The van der Waals surface area contributed by atoms with E-state index < -0.39 is 0 Å². The Kier molecular flexibility index (Phi) is 5.50. The van der Waals surface area contributed by atoms with Crippen molar-refractivity contribution in [3.63, 3.8) is 0 Å². The van der Waals surface area contributed by atoms with Crippen LogP contribution in [-0.2, 0) is 23.2 Å². The van der Waals surface area contributed by atoms with E-state index in [1.807, 2.05) is 39.0 Å². The molecule has 1 aliphatic heterocycles. The summed E-state index contributed by atoms with van der Waals surface area (Å²) in [6, 6.07) is 8.69. The minimum atomic E-state index is -0.345. The summed E-state index contributed by atoms with van der Waals surface area (Å²) in [5, 5.41) is 7.55. The average Bonchev–Trinajstić information content (AvgIpc) is 3.46. The van der Waals surface area contributed by atoms with Crippen molar-refractivity contribution in [1.82, 2.24) is 24.6 Å². The van der Waals surface area contributed by atoms with Gasteiger partial charge in [-0.05, 0) is 30.7 Å². The van der Waals surface area contributed by atoms with E-state index in [-0.39, 0.29) is 17.4 Å². The largest absolute Gasteiger partial charge is 0.439 e. The maximum absolute atomic E-state index is 12.9. The van der Waals surface area contributed by atoms with Gasteiger partial charge >= 0.3 is 6.03 Å². The maximum Gasteiger partial charge on any atom is 0.331 e. The average molecular weight is 475 g/mol. The molecule has 10 heteroatoms. The molecule has 4 heterocycles. The molecule has 3 aromatic heterocycles. The Labute approximate surface area is 201 Å². The van der Waals surface area contributed by atoms with Crippen molar-refractivity contribution in [2.45, 2.75) is 46.1 Å². The lowest BCUT2D eigenvalue weighted by Gasteiger charge is -2.27. The summed E-state index contributed by atoms with van der Waals surface area (Å²) in [7, 11) is 0. The fraction of sp³-hybridized carbons (Fsp3) is 0.320. The Morgan fingerprint density at radius 2 is 1.97 bits per heavy atom. The van der Waals surface area contributed by atoms with Gasteiger partial charge in [0.05, 0.1) is 17.8 Å². The molecule has 0 radical (unpaired) electrons. The molecule has 0 fully saturated rings. The van der Waals surface area contributed by atoms with Crippen molar-refractivity contribution in [1.29, 1.82) is 0 Å². The van der Waals surface area contributed by atoms with Crippen molar-refractivity contribution in [3.8, 4) is 11.6 Å². The fourth-order valence-corrected chi connectivity index (χ4v) is 4.01. The molecule has 4 aromatic rings. The van der Waals surface area contributed by atoms with E-state index in [9.17, 15) is 9.59 Å². The lowest BCUT2D eigenvalue weighted by molar-refractivity contribution is -0.129. The second kappa shape index (κ2) is 8.53. The molecule has 1 aromatic carbocycles. The van der Waals surface area contributed by atoms with E-state index >= 15 is 0 Å². The molecule has 10 nitrogen and oxygen atoms in total. The Morgan fingerprint density at radius 1 is 1.14 bits per heavy atom. The van der Waals surface area contributed by atoms with Crippen LogP contribution in [0.2, 0.25) is 0 Å². The second-order valence-electron chi connectivity index (χ2n) is 9.56. The number of hydrogen-bond donors (Lipinski definition) is 1. The number of ether oxygens (including phenoxy) is 1.